The second-order valence-electron chi connectivity index (χ2n) is 5.14. The molecule has 0 bridgehead atoms. The lowest BCUT2D eigenvalue weighted by molar-refractivity contribution is 0.137. The van der Waals surface area contributed by atoms with Gasteiger partial charge in [-0.05, 0) is 24.3 Å². The molecule has 0 aliphatic carbocycles. The highest BCUT2D eigenvalue weighted by Crippen LogP contribution is 2.11. The van der Waals surface area contributed by atoms with Gasteiger partial charge in [-0.15, -0.1) is 0 Å². The van der Waals surface area contributed by atoms with E-state index in [4.69, 9.17) is 4.42 Å². The zero-order valence-corrected chi connectivity index (χ0v) is 11.9. The molecule has 0 saturated carbocycles. The number of carbonyl (C=O) groups excluding carboxylic acids is 1. The van der Waals surface area contributed by atoms with Crippen molar-refractivity contribution in [2.75, 3.05) is 31.5 Å². The fraction of sp³-hybridized carbons (Fsp3) is 0.312. The third-order valence-electron chi connectivity index (χ3n) is 3.64. The number of rotatable bonds is 3. The molecule has 0 radical (unpaired) electrons. The molecular formula is C16H19N3O2. The molecule has 1 aromatic heterocycles. The van der Waals surface area contributed by atoms with Crippen molar-refractivity contribution in [1.29, 1.82) is 0 Å². The first-order chi connectivity index (χ1) is 10.3. The van der Waals surface area contributed by atoms with Crippen LogP contribution in [0.25, 0.3) is 0 Å². The van der Waals surface area contributed by atoms with Crippen molar-refractivity contribution in [3.8, 4) is 0 Å². The maximum absolute atomic E-state index is 12.2. The number of furan rings is 1. The van der Waals surface area contributed by atoms with Crippen LogP contribution in [-0.2, 0) is 6.54 Å². The quantitative estimate of drug-likeness (QED) is 0.943. The van der Waals surface area contributed by atoms with E-state index in [9.17, 15) is 4.79 Å². The largest absolute Gasteiger partial charge is 0.468 e. The molecule has 2 amide bonds. The second-order valence-corrected chi connectivity index (χ2v) is 5.14. The van der Waals surface area contributed by atoms with Gasteiger partial charge in [0.2, 0.25) is 0 Å². The third-order valence-corrected chi connectivity index (χ3v) is 3.64. The van der Waals surface area contributed by atoms with Gasteiger partial charge in [-0.3, -0.25) is 4.90 Å². The summed E-state index contributed by atoms with van der Waals surface area (Å²) >= 11 is 0. The van der Waals surface area contributed by atoms with Crippen molar-refractivity contribution in [2.45, 2.75) is 6.54 Å². The average molecular weight is 285 g/mol. The monoisotopic (exact) mass is 285 g/mol. The SMILES string of the molecule is O=C(Nc1ccccc1)N1CCN(Cc2ccco2)CC1. The number of nitrogens with zero attached hydrogens (tertiary/aromatic N) is 2. The predicted octanol–water partition coefficient (Wildman–Crippen LogP) is 2.63. The van der Waals surface area contributed by atoms with Crippen LogP contribution in [-0.4, -0.2) is 42.0 Å². The van der Waals surface area contributed by atoms with Crippen LogP contribution in [0.3, 0.4) is 0 Å². The van der Waals surface area contributed by atoms with Gasteiger partial charge in [0.05, 0.1) is 12.8 Å². The number of benzene rings is 1. The molecule has 2 heterocycles. The Morgan fingerprint density at radius 1 is 1.05 bits per heavy atom. The van der Waals surface area contributed by atoms with Crippen molar-refractivity contribution >= 4 is 11.7 Å². The maximum Gasteiger partial charge on any atom is 0.321 e. The molecule has 5 nitrogen and oxygen atoms in total. The minimum absolute atomic E-state index is 0.0288. The molecule has 1 aromatic carbocycles. The van der Waals surface area contributed by atoms with Crippen molar-refractivity contribution in [3.63, 3.8) is 0 Å². The van der Waals surface area contributed by atoms with E-state index in [1.807, 2.05) is 47.4 Å². The Kier molecular flexibility index (Phi) is 4.21. The van der Waals surface area contributed by atoms with Crippen LogP contribution in [0.15, 0.2) is 53.1 Å². The van der Waals surface area contributed by atoms with Gasteiger partial charge in [0.15, 0.2) is 0 Å². The number of para-hydroxylation sites is 1. The van der Waals surface area contributed by atoms with Crippen LogP contribution in [0.5, 0.6) is 0 Å². The van der Waals surface area contributed by atoms with Crippen molar-refractivity contribution < 1.29 is 9.21 Å². The number of hydrogen-bond acceptors (Lipinski definition) is 3. The zero-order valence-electron chi connectivity index (χ0n) is 11.9. The van der Waals surface area contributed by atoms with E-state index in [0.29, 0.717) is 0 Å². The molecule has 1 aliphatic rings. The van der Waals surface area contributed by atoms with E-state index in [1.54, 1.807) is 6.26 Å². The summed E-state index contributed by atoms with van der Waals surface area (Å²) in [5, 5.41) is 2.92. The number of anilines is 1. The Morgan fingerprint density at radius 2 is 1.81 bits per heavy atom. The van der Waals surface area contributed by atoms with Gasteiger partial charge in [0, 0.05) is 31.9 Å². The Hall–Kier alpha value is -2.27. The van der Waals surface area contributed by atoms with Crippen LogP contribution < -0.4 is 5.32 Å². The summed E-state index contributed by atoms with van der Waals surface area (Å²) in [6.45, 7) is 4.01. The number of urea groups is 1. The van der Waals surface area contributed by atoms with Crippen LogP contribution in [0, 0.1) is 0 Å². The first-order valence-electron chi connectivity index (χ1n) is 7.17. The molecule has 110 valence electrons. The Morgan fingerprint density at radius 3 is 2.48 bits per heavy atom. The van der Waals surface area contributed by atoms with Gasteiger partial charge in [-0.2, -0.15) is 0 Å². The van der Waals surface area contributed by atoms with Gasteiger partial charge in [0.1, 0.15) is 5.76 Å². The van der Waals surface area contributed by atoms with Crippen molar-refractivity contribution in [3.05, 3.63) is 54.5 Å². The second kappa shape index (κ2) is 6.45. The summed E-state index contributed by atoms with van der Waals surface area (Å²) in [6.07, 6.45) is 1.69. The van der Waals surface area contributed by atoms with Crippen molar-refractivity contribution in [2.24, 2.45) is 0 Å². The Bertz CT molecular complexity index is 560. The van der Waals surface area contributed by atoms with Gasteiger partial charge in [0.25, 0.3) is 0 Å². The van der Waals surface area contributed by atoms with E-state index in [-0.39, 0.29) is 6.03 Å². The summed E-state index contributed by atoms with van der Waals surface area (Å²) in [4.78, 5) is 16.3. The molecule has 1 aliphatic heterocycles. The average Bonchev–Trinajstić information content (AvgIpc) is 3.02. The Labute approximate surface area is 124 Å². The lowest BCUT2D eigenvalue weighted by Crippen LogP contribution is -2.49. The summed E-state index contributed by atoms with van der Waals surface area (Å²) in [6, 6.07) is 13.4. The molecule has 1 N–H and O–H groups in total. The van der Waals surface area contributed by atoms with E-state index in [0.717, 1.165) is 44.2 Å². The Balaban J connectivity index is 1.48. The molecule has 5 heteroatoms. The normalized spacial score (nSPS) is 15.9. The summed E-state index contributed by atoms with van der Waals surface area (Å²) in [5.74, 6) is 0.970. The highest BCUT2D eigenvalue weighted by atomic mass is 16.3. The molecule has 0 spiro atoms. The summed E-state index contributed by atoms with van der Waals surface area (Å²) in [7, 11) is 0. The molecule has 1 fully saturated rings. The lowest BCUT2D eigenvalue weighted by atomic mass is 10.3. The minimum atomic E-state index is -0.0288. The fourth-order valence-corrected chi connectivity index (χ4v) is 2.46. The zero-order chi connectivity index (χ0) is 14.5. The number of hydrogen-bond donors (Lipinski definition) is 1. The van der Waals surface area contributed by atoms with Crippen LogP contribution in [0.4, 0.5) is 10.5 Å². The van der Waals surface area contributed by atoms with E-state index < -0.39 is 0 Å². The number of nitrogens with one attached hydrogen (secondary N) is 1. The maximum atomic E-state index is 12.2. The smallest absolute Gasteiger partial charge is 0.321 e. The number of amides is 2. The lowest BCUT2D eigenvalue weighted by Gasteiger charge is -2.34. The van der Waals surface area contributed by atoms with Crippen LogP contribution >= 0.6 is 0 Å². The predicted molar refractivity (Wildman–Crippen MR) is 81.0 cm³/mol. The topological polar surface area (TPSA) is 48.7 Å². The highest BCUT2D eigenvalue weighted by Gasteiger charge is 2.21. The minimum Gasteiger partial charge on any atom is -0.468 e. The van der Waals surface area contributed by atoms with Crippen molar-refractivity contribution in [1.82, 2.24) is 9.80 Å². The molecule has 0 unspecified atom stereocenters. The molecule has 21 heavy (non-hydrogen) atoms. The summed E-state index contributed by atoms with van der Waals surface area (Å²) in [5.41, 5.74) is 0.834. The van der Waals surface area contributed by atoms with E-state index in [1.165, 1.54) is 0 Å². The van der Waals surface area contributed by atoms with Crippen LogP contribution in [0.2, 0.25) is 0 Å². The summed E-state index contributed by atoms with van der Waals surface area (Å²) < 4.78 is 5.35. The highest BCUT2D eigenvalue weighted by molar-refractivity contribution is 5.89. The van der Waals surface area contributed by atoms with Crippen LogP contribution in [0.1, 0.15) is 5.76 Å². The molecule has 3 rings (SSSR count). The van der Waals surface area contributed by atoms with E-state index in [2.05, 4.69) is 10.2 Å². The van der Waals surface area contributed by atoms with Gasteiger partial charge in [-0.1, -0.05) is 18.2 Å². The van der Waals surface area contributed by atoms with E-state index >= 15 is 0 Å². The third kappa shape index (κ3) is 3.64. The number of piperazine rings is 1. The molecule has 0 atom stereocenters. The fourth-order valence-electron chi connectivity index (χ4n) is 2.46. The van der Waals surface area contributed by atoms with Gasteiger partial charge < -0.3 is 14.6 Å². The number of carbonyl (C=O) groups is 1. The molecule has 1 saturated heterocycles. The molecular weight excluding hydrogens is 266 g/mol. The first kappa shape index (κ1) is 13.7. The standard InChI is InChI=1S/C16H19N3O2/c20-16(17-14-5-2-1-3-6-14)19-10-8-18(9-11-19)13-15-7-4-12-21-15/h1-7,12H,8-11,13H2,(H,17,20). The molecule has 2 aromatic rings. The van der Waals surface area contributed by atoms with Gasteiger partial charge >= 0.3 is 6.03 Å². The first-order valence-corrected chi connectivity index (χ1v) is 7.17. The van der Waals surface area contributed by atoms with Gasteiger partial charge in [-0.25, -0.2) is 4.79 Å².